The van der Waals surface area contributed by atoms with E-state index in [1.165, 1.54) is 50.5 Å². The number of halogens is 1. The van der Waals surface area contributed by atoms with Crippen LogP contribution in [0.2, 0.25) is 0 Å². The van der Waals surface area contributed by atoms with Gasteiger partial charge in [-0.05, 0) is 47.9 Å². The smallest absolute Gasteiger partial charge is 0.161 e. The van der Waals surface area contributed by atoms with E-state index < -0.39 is 0 Å². The Morgan fingerprint density at radius 2 is 1.77 bits per heavy atom. The monoisotopic (exact) mass is 369 g/mol. The quantitative estimate of drug-likeness (QED) is 0.546. The third kappa shape index (κ3) is 4.89. The molecule has 1 aliphatic heterocycles. The zero-order valence-electron chi connectivity index (χ0n) is 15.6. The predicted octanol–water partition coefficient (Wildman–Crippen LogP) is 6.37. The molecule has 0 N–H and O–H groups in total. The minimum absolute atomic E-state index is 0.211. The fourth-order valence-corrected chi connectivity index (χ4v) is 4.46. The van der Waals surface area contributed by atoms with Crippen molar-refractivity contribution in [3.63, 3.8) is 0 Å². The van der Waals surface area contributed by atoms with E-state index in [1.54, 1.807) is 4.42 Å². The van der Waals surface area contributed by atoms with Gasteiger partial charge >= 0.3 is 0 Å². The molecule has 0 amide bonds. The van der Waals surface area contributed by atoms with Crippen molar-refractivity contribution in [3.05, 3.63) is 47.2 Å². The average molecular weight is 370 g/mol. The Morgan fingerprint density at radius 1 is 1.12 bits per heavy atom. The van der Waals surface area contributed by atoms with Gasteiger partial charge in [-0.2, -0.15) is 5.26 Å². The topological polar surface area (TPSA) is 39.4 Å². The molecular weight excluding hydrogens is 342 g/mol. The number of nitriles is 1. The molecule has 2 aliphatic rings. The molecule has 1 aromatic rings. The molecule has 0 radical (unpaired) electrons. The van der Waals surface area contributed by atoms with E-state index in [2.05, 4.69) is 18.0 Å². The number of aliphatic imine (C=N–C) groups is 1. The van der Waals surface area contributed by atoms with E-state index in [-0.39, 0.29) is 6.17 Å². The van der Waals surface area contributed by atoms with Crippen LogP contribution >= 0.6 is 11.8 Å². The van der Waals surface area contributed by atoms with E-state index in [4.69, 9.17) is 17.0 Å². The average Bonchev–Trinajstić information content (AvgIpc) is 2.68. The molecule has 0 spiro atoms. The summed E-state index contributed by atoms with van der Waals surface area (Å²) in [4.78, 5) is 4.64. The van der Waals surface area contributed by atoms with Gasteiger partial charge in [0, 0.05) is 24.2 Å². The summed E-state index contributed by atoms with van der Waals surface area (Å²) in [6.07, 6.45) is 14.4. The fourth-order valence-electron chi connectivity index (χ4n) is 4.17. The summed E-state index contributed by atoms with van der Waals surface area (Å²) in [5.74, 6) is 1.83. The van der Waals surface area contributed by atoms with Crippen molar-refractivity contribution in [1.29, 1.82) is 5.26 Å². The van der Waals surface area contributed by atoms with Gasteiger partial charge in [0.05, 0.1) is 11.6 Å². The van der Waals surface area contributed by atoms with Crippen molar-refractivity contribution in [2.45, 2.75) is 64.5 Å². The maximum absolute atomic E-state index is 8.91. The molecule has 1 heterocycles. The van der Waals surface area contributed by atoms with Crippen LogP contribution in [0.4, 0.5) is 0 Å². The van der Waals surface area contributed by atoms with Crippen LogP contribution in [-0.2, 0) is 0 Å². The van der Waals surface area contributed by atoms with Crippen LogP contribution in [0.3, 0.4) is 0 Å². The van der Waals surface area contributed by atoms with Crippen LogP contribution in [-0.4, -0.2) is 10.6 Å². The highest BCUT2D eigenvalue weighted by Crippen LogP contribution is 2.35. The minimum atomic E-state index is -0.211. The molecule has 26 heavy (non-hydrogen) atoms. The van der Waals surface area contributed by atoms with Gasteiger partial charge in [0.15, 0.2) is 6.17 Å². The molecule has 1 unspecified atom stereocenters. The first-order valence-corrected chi connectivity index (χ1v) is 10.2. The Kier molecular flexibility index (Phi) is 6.74. The van der Waals surface area contributed by atoms with Gasteiger partial charge in [-0.15, -0.1) is 0 Å². The SMILES string of the molecule is CCC[C@H]1CC[C@H](CCC2=CN(Cl)C(c3ccc(C#N)cc3)N=C2)CC1. The van der Waals surface area contributed by atoms with Crippen molar-refractivity contribution >= 4 is 18.0 Å². The number of nitrogens with zero attached hydrogens (tertiary/aromatic N) is 3. The Hall–Kier alpha value is -1.79. The number of benzene rings is 1. The Bertz CT molecular complexity index is 678. The normalized spacial score (nSPS) is 25.7. The van der Waals surface area contributed by atoms with Gasteiger partial charge in [-0.3, -0.25) is 9.41 Å². The van der Waals surface area contributed by atoms with Crippen molar-refractivity contribution in [3.8, 4) is 6.07 Å². The number of rotatable bonds is 6. The highest BCUT2D eigenvalue weighted by atomic mass is 35.5. The molecule has 0 aromatic heterocycles. The molecule has 1 atom stereocenters. The molecular formula is C22H28ClN3. The lowest BCUT2D eigenvalue weighted by molar-refractivity contribution is 0.252. The van der Waals surface area contributed by atoms with Crippen molar-refractivity contribution in [2.75, 3.05) is 0 Å². The van der Waals surface area contributed by atoms with Gasteiger partial charge in [0.25, 0.3) is 0 Å². The maximum atomic E-state index is 8.91. The summed E-state index contributed by atoms with van der Waals surface area (Å²) < 4.78 is 1.66. The van der Waals surface area contributed by atoms with Crippen molar-refractivity contribution in [1.82, 2.24) is 4.42 Å². The van der Waals surface area contributed by atoms with E-state index in [1.807, 2.05) is 36.7 Å². The second-order valence-electron chi connectivity index (χ2n) is 7.65. The number of hydrogen-bond acceptors (Lipinski definition) is 3. The van der Waals surface area contributed by atoms with Crippen LogP contribution in [0, 0.1) is 23.2 Å². The predicted molar refractivity (Wildman–Crippen MR) is 108 cm³/mol. The molecule has 3 rings (SSSR count). The zero-order valence-corrected chi connectivity index (χ0v) is 16.3. The minimum Gasteiger partial charge on any atom is -0.264 e. The third-order valence-electron chi connectivity index (χ3n) is 5.75. The lowest BCUT2D eigenvalue weighted by Gasteiger charge is -2.29. The van der Waals surface area contributed by atoms with Gasteiger partial charge in [-0.25, -0.2) is 0 Å². The zero-order chi connectivity index (χ0) is 18.4. The van der Waals surface area contributed by atoms with E-state index in [9.17, 15) is 0 Å². The Labute approximate surface area is 162 Å². The molecule has 1 aliphatic carbocycles. The van der Waals surface area contributed by atoms with Gasteiger partial charge in [-0.1, -0.05) is 57.6 Å². The van der Waals surface area contributed by atoms with Crippen molar-refractivity contribution in [2.24, 2.45) is 16.8 Å². The summed E-state index contributed by atoms with van der Waals surface area (Å²) in [6.45, 7) is 2.30. The maximum Gasteiger partial charge on any atom is 0.161 e. The van der Waals surface area contributed by atoms with E-state index in [0.29, 0.717) is 5.56 Å². The molecule has 0 bridgehead atoms. The highest BCUT2D eigenvalue weighted by molar-refractivity contribution is 6.14. The molecule has 1 aromatic carbocycles. The molecule has 1 fully saturated rings. The molecule has 4 heteroatoms. The van der Waals surface area contributed by atoms with Gasteiger partial charge in [0.1, 0.15) is 0 Å². The van der Waals surface area contributed by atoms with Crippen LogP contribution in [0.1, 0.15) is 75.6 Å². The summed E-state index contributed by atoms with van der Waals surface area (Å²) in [5.41, 5.74) is 2.86. The summed E-state index contributed by atoms with van der Waals surface area (Å²) in [6, 6.07) is 9.59. The Morgan fingerprint density at radius 3 is 2.35 bits per heavy atom. The molecule has 138 valence electrons. The third-order valence-corrected chi connectivity index (χ3v) is 6.03. The van der Waals surface area contributed by atoms with Gasteiger partial charge in [0.2, 0.25) is 0 Å². The molecule has 1 saturated carbocycles. The second-order valence-corrected chi connectivity index (χ2v) is 8.04. The van der Waals surface area contributed by atoms with Crippen LogP contribution in [0.15, 0.2) is 41.0 Å². The first-order valence-electron chi connectivity index (χ1n) is 9.87. The number of hydrogen-bond donors (Lipinski definition) is 0. The second kappa shape index (κ2) is 9.24. The van der Waals surface area contributed by atoms with Gasteiger partial charge < -0.3 is 0 Å². The first-order chi connectivity index (χ1) is 12.7. The lowest BCUT2D eigenvalue weighted by atomic mass is 9.78. The standard InChI is InChI=1S/C22H28ClN3/c1-2-3-17-4-6-18(7-5-17)8-9-20-15-25-22(26(23)16-20)21-12-10-19(14-24)11-13-21/h10-13,15-18,22H,2-9H2,1H3/t17-,18-,22?. The summed E-state index contributed by atoms with van der Waals surface area (Å²) >= 11 is 6.44. The first kappa shape index (κ1) is 19.0. The van der Waals surface area contributed by atoms with E-state index in [0.717, 1.165) is 23.8 Å². The largest absolute Gasteiger partial charge is 0.264 e. The van der Waals surface area contributed by atoms with Crippen LogP contribution in [0.5, 0.6) is 0 Å². The van der Waals surface area contributed by atoms with E-state index >= 15 is 0 Å². The summed E-state index contributed by atoms with van der Waals surface area (Å²) in [5, 5.41) is 8.91. The highest BCUT2D eigenvalue weighted by Gasteiger charge is 2.22. The van der Waals surface area contributed by atoms with Crippen LogP contribution < -0.4 is 0 Å². The number of allylic oxidation sites excluding steroid dienone is 1. The van der Waals surface area contributed by atoms with Crippen molar-refractivity contribution < 1.29 is 0 Å². The molecule has 0 saturated heterocycles. The summed E-state index contributed by atoms with van der Waals surface area (Å²) in [7, 11) is 0. The van der Waals surface area contributed by atoms with Crippen LogP contribution in [0.25, 0.3) is 0 Å². The Balaban J connectivity index is 1.49. The lowest BCUT2D eigenvalue weighted by Crippen LogP contribution is -2.18. The fraction of sp³-hybridized carbons (Fsp3) is 0.545. The molecule has 3 nitrogen and oxygen atoms in total.